The van der Waals surface area contributed by atoms with E-state index in [-0.39, 0.29) is 5.91 Å². The maximum absolute atomic E-state index is 13.0. The molecule has 1 N–H and O–H groups in total. The third-order valence-corrected chi connectivity index (χ3v) is 5.61. The molecule has 2 aromatic rings. The summed E-state index contributed by atoms with van der Waals surface area (Å²) in [5.74, 6) is 0.775. The molecule has 28 heavy (non-hydrogen) atoms. The molecule has 0 atom stereocenters. The van der Waals surface area contributed by atoms with Crippen LogP contribution in [0.1, 0.15) is 48.9 Å². The molecule has 2 aromatic heterocycles. The number of piperazine rings is 1. The number of pyridine rings is 1. The van der Waals surface area contributed by atoms with Gasteiger partial charge < -0.3 is 15.1 Å². The highest BCUT2D eigenvalue weighted by atomic mass is 16.2. The number of aromatic nitrogens is 3. The van der Waals surface area contributed by atoms with Crippen LogP contribution in [0.5, 0.6) is 0 Å². The minimum atomic E-state index is 0.0469. The molecule has 148 valence electrons. The van der Waals surface area contributed by atoms with Crippen LogP contribution in [-0.2, 0) is 0 Å². The van der Waals surface area contributed by atoms with E-state index in [0.717, 1.165) is 24.7 Å². The van der Waals surface area contributed by atoms with Gasteiger partial charge in [-0.1, -0.05) is 25.7 Å². The highest BCUT2D eigenvalue weighted by Crippen LogP contribution is 2.22. The fourth-order valence-electron chi connectivity index (χ4n) is 4.04. The number of carbonyl (C=O) groups is 1. The Kier molecular flexibility index (Phi) is 5.99. The van der Waals surface area contributed by atoms with Gasteiger partial charge in [0, 0.05) is 57.0 Å². The zero-order chi connectivity index (χ0) is 19.2. The number of anilines is 2. The zero-order valence-corrected chi connectivity index (χ0v) is 16.3. The van der Waals surface area contributed by atoms with Crippen molar-refractivity contribution >= 4 is 17.5 Å². The lowest BCUT2D eigenvalue weighted by molar-refractivity contribution is 0.0746. The first-order chi connectivity index (χ1) is 13.8. The molecule has 2 aliphatic rings. The Bertz CT molecular complexity index is 767. The molecule has 0 bridgehead atoms. The van der Waals surface area contributed by atoms with Gasteiger partial charge in [-0.15, -0.1) is 0 Å². The van der Waals surface area contributed by atoms with E-state index in [2.05, 4.69) is 25.2 Å². The SMILES string of the molecule is O=C(c1cncc(NC2CCCCCC2)c1)N1CCN(c2ncccn2)CC1. The Balaban J connectivity index is 1.36. The number of hydrogen-bond donors (Lipinski definition) is 1. The summed E-state index contributed by atoms with van der Waals surface area (Å²) in [5, 5.41) is 3.59. The second-order valence-electron chi connectivity index (χ2n) is 7.62. The first-order valence-electron chi connectivity index (χ1n) is 10.3. The maximum Gasteiger partial charge on any atom is 0.255 e. The molecule has 0 radical (unpaired) electrons. The van der Waals surface area contributed by atoms with E-state index in [4.69, 9.17) is 0 Å². The van der Waals surface area contributed by atoms with Crippen LogP contribution in [0.2, 0.25) is 0 Å². The van der Waals surface area contributed by atoms with E-state index in [1.807, 2.05) is 23.2 Å². The molecule has 0 aromatic carbocycles. The van der Waals surface area contributed by atoms with Crippen molar-refractivity contribution in [3.63, 3.8) is 0 Å². The number of hydrogen-bond acceptors (Lipinski definition) is 6. The van der Waals surface area contributed by atoms with Crippen molar-refractivity contribution in [2.45, 2.75) is 44.6 Å². The third-order valence-electron chi connectivity index (χ3n) is 5.61. The van der Waals surface area contributed by atoms with Gasteiger partial charge in [-0.05, 0) is 25.0 Å². The first kappa shape index (κ1) is 18.7. The molecule has 0 unspecified atom stereocenters. The van der Waals surface area contributed by atoms with Gasteiger partial charge in [-0.25, -0.2) is 9.97 Å². The average Bonchev–Trinajstić information content (AvgIpc) is 3.03. The molecule has 1 aliphatic heterocycles. The number of rotatable bonds is 4. The van der Waals surface area contributed by atoms with E-state index >= 15 is 0 Å². The van der Waals surface area contributed by atoms with Crippen LogP contribution in [0, 0.1) is 0 Å². The summed E-state index contributed by atoms with van der Waals surface area (Å²) < 4.78 is 0. The van der Waals surface area contributed by atoms with Crippen LogP contribution >= 0.6 is 0 Å². The molecule has 0 spiro atoms. The van der Waals surface area contributed by atoms with Crippen LogP contribution in [0.15, 0.2) is 36.9 Å². The van der Waals surface area contributed by atoms with E-state index in [1.165, 1.54) is 38.5 Å². The van der Waals surface area contributed by atoms with Crippen molar-refractivity contribution in [3.05, 3.63) is 42.5 Å². The standard InChI is InChI=1S/C21H28N6O/c28-20(26-10-12-27(13-11-26)21-23-8-5-9-24-21)17-14-19(16-22-15-17)25-18-6-3-1-2-4-7-18/h5,8-9,14-16,18,25H,1-4,6-7,10-13H2. The number of amides is 1. The topological polar surface area (TPSA) is 74.2 Å². The van der Waals surface area contributed by atoms with Crippen LogP contribution in [-0.4, -0.2) is 58.0 Å². The summed E-state index contributed by atoms with van der Waals surface area (Å²) in [6, 6.07) is 4.25. The van der Waals surface area contributed by atoms with Gasteiger partial charge in [0.15, 0.2) is 0 Å². The number of nitrogens with one attached hydrogen (secondary N) is 1. The minimum Gasteiger partial charge on any atom is -0.381 e. The normalized spacial score (nSPS) is 18.6. The van der Waals surface area contributed by atoms with Gasteiger partial charge in [0.2, 0.25) is 5.95 Å². The summed E-state index contributed by atoms with van der Waals surface area (Å²) in [5.41, 5.74) is 1.61. The molecule has 2 fully saturated rings. The molecule has 1 amide bonds. The van der Waals surface area contributed by atoms with Crippen molar-refractivity contribution in [2.24, 2.45) is 0 Å². The fraction of sp³-hybridized carbons (Fsp3) is 0.524. The summed E-state index contributed by atoms with van der Waals surface area (Å²) >= 11 is 0. The van der Waals surface area contributed by atoms with Crippen LogP contribution in [0.25, 0.3) is 0 Å². The minimum absolute atomic E-state index is 0.0469. The molecular weight excluding hydrogens is 352 g/mol. The van der Waals surface area contributed by atoms with Crippen LogP contribution < -0.4 is 10.2 Å². The van der Waals surface area contributed by atoms with E-state index in [0.29, 0.717) is 24.7 Å². The van der Waals surface area contributed by atoms with Gasteiger partial charge in [0.05, 0.1) is 11.3 Å². The monoisotopic (exact) mass is 380 g/mol. The van der Waals surface area contributed by atoms with Crippen molar-refractivity contribution in [1.29, 1.82) is 0 Å². The summed E-state index contributed by atoms with van der Waals surface area (Å²) in [6.07, 6.45) is 14.6. The largest absolute Gasteiger partial charge is 0.381 e. The number of carbonyl (C=O) groups excluding carboxylic acids is 1. The lowest BCUT2D eigenvalue weighted by Crippen LogP contribution is -2.49. The Morgan fingerprint density at radius 3 is 2.39 bits per heavy atom. The lowest BCUT2D eigenvalue weighted by Gasteiger charge is -2.34. The molecule has 1 saturated carbocycles. The molecule has 7 nitrogen and oxygen atoms in total. The quantitative estimate of drug-likeness (QED) is 0.822. The maximum atomic E-state index is 13.0. The summed E-state index contributed by atoms with van der Waals surface area (Å²) in [6.45, 7) is 2.81. The molecule has 7 heteroatoms. The van der Waals surface area contributed by atoms with Gasteiger partial charge in [-0.2, -0.15) is 0 Å². The van der Waals surface area contributed by atoms with E-state index in [9.17, 15) is 4.79 Å². The first-order valence-corrected chi connectivity index (χ1v) is 10.3. The Labute approximate surface area is 166 Å². The van der Waals surface area contributed by atoms with Crippen molar-refractivity contribution in [3.8, 4) is 0 Å². The molecular formula is C21H28N6O. The molecule has 1 aliphatic carbocycles. The summed E-state index contributed by atoms with van der Waals surface area (Å²) in [7, 11) is 0. The van der Waals surface area contributed by atoms with Gasteiger partial charge in [0.1, 0.15) is 0 Å². The fourth-order valence-corrected chi connectivity index (χ4v) is 4.04. The Hall–Kier alpha value is -2.70. The Morgan fingerprint density at radius 1 is 0.964 bits per heavy atom. The zero-order valence-electron chi connectivity index (χ0n) is 16.3. The highest BCUT2D eigenvalue weighted by molar-refractivity contribution is 5.94. The second kappa shape index (κ2) is 8.99. The molecule has 1 saturated heterocycles. The average molecular weight is 380 g/mol. The van der Waals surface area contributed by atoms with Crippen LogP contribution in [0.4, 0.5) is 11.6 Å². The van der Waals surface area contributed by atoms with Gasteiger partial charge in [-0.3, -0.25) is 9.78 Å². The predicted octanol–water partition coefficient (Wildman–Crippen LogP) is 2.97. The van der Waals surface area contributed by atoms with E-state index < -0.39 is 0 Å². The van der Waals surface area contributed by atoms with Crippen molar-refractivity contribution in [1.82, 2.24) is 19.9 Å². The van der Waals surface area contributed by atoms with Crippen molar-refractivity contribution < 1.29 is 4.79 Å². The van der Waals surface area contributed by atoms with Crippen molar-refractivity contribution in [2.75, 3.05) is 36.4 Å². The predicted molar refractivity (Wildman–Crippen MR) is 109 cm³/mol. The van der Waals surface area contributed by atoms with Crippen LogP contribution in [0.3, 0.4) is 0 Å². The summed E-state index contributed by atoms with van der Waals surface area (Å²) in [4.78, 5) is 29.9. The Morgan fingerprint density at radius 2 is 1.68 bits per heavy atom. The molecule has 4 rings (SSSR count). The van der Waals surface area contributed by atoms with Gasteiger partial charge in [0.25, 0.3) is 5.91 Å². The second-order valence-corrected chi connectivity index (χ2v) is 7.62. The van der Waals surface area contributed by atoms with E-state index in [1.54, 1.807) is 18.6 Å². The molecule has 3 heterocycles. The van der Waals surface area contributed by atoms with Gasteiger partial charge >= 0.3 is 0 Å². The third kappa shape index (κ3) is 4.58. The smallest absolute Gasteiger partial charge is 0.255 e. The highest BCUT2D eigenvalue weighted by Gasteiger charge is 2.24. The number of nitrogens with zero attached hydrogens (tertiary/aromatic N) is 5. The lowest BCUT2D eigenvalue weighted by atomic mass is 10.1.